The number of furan rings is 1. The van der Waals surface area contributed by atoms with Crippen LogP contribution in [0.25, 0.3) is 17.0 Å². The van der Waals surface area contributed by atoms with Crippen LogP contribution in [0.2, 0.25) is 0 Å². The van der Waals surface area contributed by atoms with Crippen molar-refractivity contribution in [2.75, 3.05) is 31.2 Å². The first-order valence-corrected chi connectivity index (χ1v) is 8.43. The maximum Gasteiger partial charge on any atom is 0.221 e. The summed E-state index contributed by atoms with van der Waals surface area (Å²) in [6, 6.07) is 17.6. The number of benzene rings is 2. The van der Waals surface area contributed by atoms with Gasteiger partial charge in [-0.2, -0.15) is 0 Å². The molecule has 0 amide bonds. The van der Waals surface area contributed by atoms with Gasteiger partial charge in [0, 0.05) is 24.2 Å². The molecule has 0 unspecified atom stereocenters. The van der Waals surface area contributed by atoms with E-state index in [2.05, 4.69) is 17.0 Å². The molecule has 4 heteroatoms. The molecule has 0 aliphatic carbocycles. The molecule has 1 fully saturated rings. The summed E-state index contributed by atoms with van der Waals surface area (Å²) in [6.45, 7) is 3.38. The molecule has 0 N–H and O–H groups in total. The van der Waals surface area contributed by atoms with Crippen LogP contribution in [-0.4, -0.2) is 32.1 Å². The van der Waals surface area contributed by atoms with Crippen molar-refractivity contribution in [2.45, 2.75) is 0 Å². The number of ether oxygens (including phenoxy) is 1. The fraction of sp³-hybridized carbons (Fsp3) is 0.190. The zero-order valence-corrected chi connectivity index (χ0v) is 13.9. The summed E-state index contributed by atoms with van der Waals surface area (Å²) in [7, 11) is 0. The molecular formula is C21H19NO3. The maximum absolute atomic E-state index is 12.3. The highest BCUT2D eigenvalue weighted by Crippen LogP contribution is 2.20. The molecule has 2 aromatic carbocycles. The van der Waals surface area contributed by atoms with Gasteiger partial charge in [0.1, 0.15) is 5.58 Å². The first-order chi connectivity index (χ1) is 12.3. The number of hydrogen-bond acceptors (Lipinski definition) is 4. The fourth-order valence-electron chi connectivity index (χ4n) is 2.98. The Morgan fingerprint density at radius 1 is 1.00 bits per heavy atom. The Hall–Kier alpha value is -2.85. The Labute approximate surface area is 146 Å². The average molecular weight is 333 g/mol. The van der Waals surface area contributed by atoms with E-state index in [9.17, 15) is 4.79 Å². The summed E-state index contributed by atoms with van der Waals surface area (Å²) in [6.07, 6.45) is 3.38. The molecule has 0 radical (unpaired) electrons. The molecule has 0 spiro atoms. The Balaban J connectivity index is 1.46. The first kappa shape index (κ1) is 15.7. The summed E-state index contributed by atoms with van der Waals surface area (Å²) < 4.78 is 11.0. The van der Waals surface area contributed by atoms with Gasteiger partial charge in [-0.05, 0) is 35.9 Å². The van der Waals surface area contributed by atoms with E-state index in [1.165, 1.54) is 5.69 Å². The predicted molar refractivity (Wildman–Crippen MR) is 99.1 cm³/mol. The highest BCUT2D eigenvalue weighted by molar-refractivity contribution is 6.06. The fourth-order valence-corrected chi connectivity index (χ4v) is 2.98. The number of morpholine rings is 1. The van der Waals surface area contributed by atoms with Crippen molar-refractivity contribution in [2.24, 2.45) is 0 Å². The number of nitrogens with zero attached hydrogens (tertiary/aromatic N) is 1. The van der Waals surface area contributed by atoms with Gasteiger partial charge >= 0.3 is 0 Å². The Morgan fingerprint density at radius 3 is 2.52 bits per heavy atom. The highest BCUT2D eigenvalue weighted by Gasteiger charge is 2.11. The van der Waals surface area contributed by atoms with Crippen LogP contribution in [0.3, 0.4) is 0 Å². The third-order valence-corrected chi connectivity index (χ3v) is 4.36. The van der Waals surface area contributed by atoms with Crippen LogP contribution in [0.15, 0.2) is 65.1 Å². The molecule has 25 heavy (non-hydrogen) atoms. The molecule has 1 aliphatic heterocycles. The number of carbonyl (C=O) groups is 1. The zero-order valence-electron chi connectivity index (χ0n) is 13.9. The summed E-state index contributed by atoms with van der Waals surface area (Å²) in [5.41, 5.74) is 2.90. The maximum atomic E-state index is 12.3. The molecule has 126 valence electrons. The minimum absolute atomic E-state index is 0.131. The van der Waals surface area contributed by atoms with Crippen molar-refractivity contribution in [3.63, 3.8) is 0 Å². The third-order valence-electron chi connectivity index (χ3n) is 4.36. The summed E-state index contributed by atoms with van der Waals surface area (Å²) in [4.78, 5) is 14.6. The van der Waals surface area contributed by atoms with Crippen LogP contribution in [0.1, 0.15) is 16.1 Å². The molecule has 3 aromatic rings. The van der Waals surface area contributed by atoms with Gasteiger partial charge in [0.05, 0.1) is 13.2 Å². The van der Waals surface area contributed by atoms with Gasteiger partial charge in [0.2, 0.25) is 5.78 Å². The number of hydrogen-bond donors (Lipinski definition) is 0. The van der Waals surface area contributed by atoms with Gasteiger partial charge in [-0.25, -0.2) is 0 Å². The lowest BCUT2D eigenvalue weighted by Gasteiger charge is -2.28. The molecule has 0 bridgehead atoms. The number of fused-ring (bicyclic) bond motifs is 1. The number of carbonyl (C=O) groups excluding carboxylic acids is 1. The Morgan fingerprint density at radius 2 is 1.76 bits per heavy atom. The molecule has 1 aromatic heterocycles. The second-order valence-corrected chi connectivity index (χ2v) is 6.04. The Bertz CT molecular complexity index is 869. The first-order valence-electron chi connectivity index (χ1n) is 8.43. The molecule has 1 aliphatic rings. The second kappa shape index (κ2) is 6.95. The van der Waals surface area contributed by atoms with Gasteiger partial charge < -0.3 is 14.1 Å². The number of ketones is 1. The van der Waals surface area contributed by atoms with Crippen LogP contribution < -0.4 is 4.90 Å². The number of rotatable bonds is 4. The molecule has 1 saturated heterocycles. The van der Waals surface area contributed by atoms with E-state index in [1.807, 2.05) is 42.5 Å². The van der Waals surface area contributed by atoms with Crippen LogP contribution >= 0.6 is 0 Å². The van der Waals surface area contributed by atoms with E-state index in [-0.39, 0.29) is 5.78 Å². The van der Waals surface area contributed by atoms with Crippen LogP contribution in [0.4, 0.5) is 5.69 Å². The van der Waals surface area contributed by atoms with Crippen molar-refractivity contribution in [1.29, 1.82) is 0 Å². The Kier molecular flexibility index (Phi) is 4.36. The smallest absolute Gasteiger partial charge is 0.221 e. The van der Waals surface area contributed by atoms with Crippen LogP contribution in [0.5, 0.6) is 0 Å². The normalized spacial score (nSPS) is 15.1. The van der Waals surface area contributed by atoms with Crippen molar-refractivity contribution in [3.8, 4) is 0 Å². The zero-order chi connectivity index (χ0) is 17.1. The lowest BCUT2D eigenvalue weighted by atomic mass is 10.1. The number of para-hydroxylation sites is 1. The molecule has 4 nitrogen and oxygen atoms in total. The van der Waals surface area contributed by atoms with E-state index in [1.54, 1.807) is 12.1 Å². The third kappa shape index (κ3) is 3.49. The lowest BCUT2D eigenvalue weighted by molar-refractivity contribution is 0.102. The van der Waals surface area contributed by atoms with Crippen molar-refractivity contribution in [1.82, 2.24) is 0 Å². The highest BCUT2D eigenvalue weighted by atomic mass is 16.5. The van der Waals surface area contributed by atoms with Gasteiger partial charge in [-0.3, -0.25) is 4.79 Å². The lowest BCUT2D eigenvalue weighted by Crippen LogP contribution is -2.36. The minimum Gasteiger partial charge on any atom is -0.453 e. The van der Waals surface area contributed by atoms with Crippen molar-refractivity contribution < 1.29 is 13.9 Å². The van der Waals surface area contributed by atoms with Gasteiger partial charge in [-0.15, -0.1) is 0 Å². The molecular weight excluding hydrogens is 314 g/mol. The van der Waals surface area contributed by atoms with E-state index in [0.29, 0.717) is 5.76 Å². The van der Waals surface area contributed by atoms with Crippen LogP contribution in [-0.2, 0) is 4.74 Å². The van der Waals surface area contributed by atoms with Gasteiger partial charge in [0.15, 0.2) is 5.76 Å². The van der Waals surface area contributed by atoms with E-state index >= 15 is 0 Å². The largest absolute Gasteiger partial charge is 0.453 e. The topological polar surface area (TPSA) is 42.7 Å². The van der Waals surface area contributed by atoms with E-state index in [0.717, 1.165) is 42.8 Å². The summed E-state index contributed by atoms with van der Waals surface area (Å²) in [5.74, 6) is 0.232. The quantitative estimate of drug-likeness (QED) is 0.531. The number of allylic oxidation sites excluding steroid dienone is 1. The summed E-state index contributed by atoms with van der Waals surface area (Å²) in [5, 5.41) is 0.939. The average Bonchev–Trinajstić information content (AvgIpc) is 3.11. The van der Waals surface area contributed by atoms with Gasteiger partial charge in [0.25, 0.3) is 0 Å². The predicted octanol–water partition coefficient (Wildman–Crippen LogP) is 4.17. The van der Waals surface area contributed by atoms with Crippen LogP contribution in [0, 0.1) is 0 Å². The minimum atomic E-state index is -0.131. The molecule has 0 saturated carbocycles. The standard InChI is InChI=1S/C21H19NO3/c23-19(21-15-17-3-1-2-4-20(17)25-21)10-7-16-5-8-18(9-6-16)22-11-13-24-14-12-22/h1-10,15H,11-14H2/b10-7+. The monoisotopic (exact) mass is 333 g/mol. The number of anilines is 1. The summed E-state index contributed by atoms with van der Waals surface area (Å²) >= 11 is 0. The SMILES string of the molecule is O=C(/C=C/c1ccc(N2CCOCC2)cc1)c1cc2ccccc2o1. The van der Waals surface area contributed by atoms with E-state index < -0.39 is 0 Å². The second-order valence-electron chi connectivity index (χ2n) is 6.04. The van der Waals surface area contributed by atoms with E-state index in [4.69, 9.17) is 9.15 Å². The van der Waals surface area contributed by atoms with Gasteiger partial charge in [-0.1, -0.05) is 36.4 Å². The molecule has 4 rings (SSSR count). The van der Waals surface area contributed by atoms with Crippen molar-refractivity contribution >= 4 is 28.5 Å². The molecule has 0 atom stereocenters. The molecule has 2 heterocycles. The van der Waals surface area contributed by atoms with Crippen molar-refractivity contribution in [3.05, 3.63) is 72.0 Å².